The number of hydrogen-bond donors (Lipinski definition) is 0. The molecule has 2 aromatic carbocycles. The van der Waals surface area contributed by atoms with Crippen molar-refractivity contribution in [2.45, 2.75) is 24.8 Å². The van der Waals surface area contributed by atoms with Gasteiger partial charge in [0.25, 0.3) is 0 Å². The van der Waals surface area contributed by atoms with Gasteiger partial charge in [0.2, 0.25) is 15.9 Å². The van der Waals surface area contributed by atoms with E-state index in [1.165, 1.54) is 11.2 Å². The van der Waals surface area contributed by atoms with Crippen LogP contribution in [0.2, 0.25) is 0 Å². The first kappa shape index (κ1) is 19.4. The number of fused-ring (bicyclic) bond motifs is 1. The van der Waals surface area contributed by atoms with Crippen molar-refractivity contribution in [2.75, 3.05) is 37.5 Å². The minimum absolute atomic E-state index is 0.0253. The van der Waals surface area contributed by atoms with Gasteiger partial charge in [-0.05, 0) is 47.9 Å². The SMILES string of the molecule is CC(=O)N1CCc2cc(S(=O)(=O)N(C)Cc3ccc(N(C)C)cc3)ccc21. The van der Waals surface area contributed by atoms with Crippen LogP contribution in [0.25, 0.3) is 0 Å². The van der Waals surface area contributed by atoms with Crippen molar-refractivity contribution in [3.63, 3.8) is 0 Å². The number of sulfonamides is 1. The van der Waals surface area contributed by atoms with E-state index >= 15 is 0 Å². The van der Waals surface area contributed by atoms with Gasteiger partial charge < -0.3 is 9.80 Å². The second kappa shape index (κ2) is 7.32. The Bertz CT molecular complexity index is 953. The summed E-state index contributed by atoms with van der Waals surface area (Å²) in [6.45, 7) is 2.42. The molecule has 0 bridgehead atoms. The van der Waals surface area contributed by atoms with Crippen LogP contribution in [-0.4, -0.2) is 46.3 Å². The van der Waals surface area contributed by atoms with Crippen molar-refractivity contribution < 1.29 is 13.2 Å². The molecule has 1 aliphatic rings. The van der Waals surface area contributed by atoms with E-state index in [1.807, 2.05) is 43.3 Å². The molecule has 0 fully saturated rings. The van der Waals surface area contributed by atoms with Gasteiger partial charge in [0.15, 0.2) is 0 Å². The molecule has 3 rings (SSSR count). The first-order valence-corrected chi connectivity index (χ1v) is 10.3. The van der Waals surface area contributed by atoms with Crippen molar-refractivity contribution >= 4 is 27.3 Å². The van der Waals surface area contributed by atoms with Gasteiger partial charge in [-0.25, -0.2) is 8.42 Å². The molecule has 0 saturated heterocycles. The third kappa shape index (κ3) is 3.84. The number of hydrogen-bond acceptors (Lipinski definition) is 4. The van der Waals surface area contributed by atoms with Crippen LogP contribution in [0.3, 0.4) is 0 Å². The van der Waals surface area contributed by atoms with Crippen LogP contribution < -0.4 is 9.80 Å². The highest BCUT2D eigenvalue weighted by molar-refractivity contribution is 7.89. The Hall–Kier alpha value is -2.38. The molecule has 0 aromatic heterocycles. The van der Waals surface area contributed by atoms with Crippen LogP contribution in [0.5, 0.6) is 0 Å². The number of benzene rings is 2. The average molecular weight is 388 g/mol. The third-order valence-corrected chi connectivity index (χ3v) is 6.69. The Balaban J connectivity index is 1.80. The number of amides is 1. The summed E-state index contributed by atoms with van der Waals surface area (Å²) in [6.07, 6.45) is 0.675. The van der Waals surface area contributed by atoms with Gasteiger partial charge >= 0.3 is 0 Å². The molecular weight excluding hydrogens is 362 g/mol. The Labute approximate surface area is 161 Å². The molecule has 0 atom stereocenters. The van der Waals surface area contributed by atoms with Gasteiger partial charge in [-0.2, -0.15) is 4.31 Å². The third-order valence-electron chi connectivity index (χ3n) is 4.89. The predicted octanol–water partition coefficient (Wildman–Crippen LogP) is 2.48. The Morgan fingerprint density at radius 1 is 1.07 bits per heavy atom. The van der Waals surface area contributed by atoms with Crippen molar-refractivity contribution in [1.29, 1.82) is 0 Å². The van der Waals surface area contributed by atoms with Crippen molar-refractivity contribution in [3.8, 4) is 0 Å². The van der Waals surface area contributed by atoms with E-state index in [0.717, 1.165) is 22.5 Å². The molecule has 0 spiro atoms. The standard InChI is InChI=1S/C20H25N3O3S/c1-15(24)23-12-11-17-13-19(9-10-20(17)23)27(25,26)22(4)14-16-5-7-18(8-6-16)21(2)3/h5-10,13H,11-12,14H2,1-4H3. The first-order valence-electron chi connectivity index (χ1n) is 8.84. The molecule has 144 valence electrons. The molecule has 27 heavy (non-hydrogen) atoms. The van der Waals surface area contributed by atoms with Crippen LogP contribution in [0.15, 0.2) is 47.4 Å². The number of rotatable bonds is 5. The van der Waals surface area contributed by atoms with Gasteiger partial charge in [-0.1, -0.05) is 12.1 Å². The summed E-state index contributed by atoms with van der Waals surface area (Å²) in [6, 6.07) is 12.8. The van der Waals surface area contributed by atoms with E-state index in [2.05, 4.69) is 0 Å². The Kier molecular flexibility index (Phi) is 5.26. The molecule has 0 aliphatic carbocycles. The zero-order valence-electron chi connectivity index (χ0n) is 16.1. The highest BCUT2D eigenvalue weighted by Crippen LogP contribution is 2.31. The van der Waals surface area contributed by atoms with Crippen molar-refractivity contribution in [3.05, 3.63) is 53.6 Å². The Morgan fingerprint density at radius 2 is 1.74 bits per heavy atom. The number of carbonyl (C=O) groups is 1. The molecule has 0 saturated carbocycles. The van der Waals surface area contributed by atoms with E-state index < -0.39 is 10.0 Å². The highest BCUT2D eigenvalue weighted by atomic mass is 32.2. The van der Waals surface area contributed by atoms with Gasteiger partial charge in [0, 0.05) is 52.5 Å². The minimum atomic E-state index is -3.60. The fraction of sp³-hybridized carbons (Fsp3) is 0.350. The summed E-state index contributed by atoms with van der Waals surface area (Å²) >= 11 is 0. The number of carbonyl (C=O) groups excluding carboxylic acids is 1. The molecule has 2 aromatic rings. The van der Waals surface area contributed by atoms with Gasteiger partial charge in [-0.15, -0.1) is 0 Å². The molecule has 7 heteroatoms. The molecular formula is C20H25N3O3S. The monoisotopic (exact) mass is 387 g/mol. The summed E-state index contributed by atoms with van der Waals surface area (Å²) in [5.41, 5.74) is 3.70. The van der Waals surface area contributed by atoms with E-state index in [1.54, 1.807) is 30.1 Å². The van der Waals surface area contributed by atoms with Crippen LogP contribution in [0, 0.1) is 0 Å². The minimum Gasteiger partial charge on any atom is -0.378 e. The van der Waals surface area contributed by atoms with Crippen LogP contribution in [0.1, 0.15) is 18.1 Å². The average Bonchev–Trinajstić information content (AvgIpc) is 3.05. The maximum atomic E-state index is 13.0. The van der Waals surface area contributed by atoms with E-state index in [9.17, 15) is 13.2 Å². The topological polar surface area (TPSA) is 60.9 Å². The highest BCUT2D eigenvalue weighted by Gasteiger charge is 2.26. The molecule has 1 aliphatic heterocycles. The lowest BCUT2D eigenvalue weighted by Crippen LogP contribution is -2.27. The van der Waals surface area contributed by atoms with Crippen molar-refractivity contribution in [1.82, 2.24) is 4.31 Å². The lowest BCUT2D eigenvalue weighted by atomic mass is 10.2. The van der Waals surface area contributed by atoms with Crippen molar-refractivity contribution in [2.24, 2.45) is 0 Å². The quantitative estimate of drug-likeness (QED) is 0.791. The van der Waals surface area contributed by atoms with Crippen LogP contribution >= 0.6 is 0 Å². The largest absolute Gasteiger partial charge is 0.378 e. The zero-order chi connectivity index (χ0) is 19.8. The summed E-state index contributed by atoms with van der Waals surface area (Å²) in [5, 5.41) is 0. The van der Waals surface area contributed by atoms with Gasteiger partial charge in [0.1, 0.15) is 0 Å². The summed E-state index contributed by atoms with van der Waals surface area (Å²) in [5.74, 6) is -0.0253. The Morgan fingerprint density at radius 3 is 2.33 bits per heavy atom. The zero-order valence-corrected chi connectivity index (χ0v) is 17.0. The molecule has 1 amide bonds. The summed E-state index contributed by atoms with van der Waals surface area (Å²) < 4.78 is 27.3. The lowest BCUT2D eigenvalue weighted by Gasteiger charge is -2.19. The molecule has 1 heterocycles. The van der Waals surface area contributed by atoms with Gasteiger partial charge in [-0.3, -0.25) is 4.79 Å². The molecule has 0 radical (unpaired) electrons. The molecule has 0 N–H and O–H groups in total. The summed E-state index contributed by atoms with van der Waals surface area (Å²) in [4.78, 5) is 15.6. The van der Waals surface area contributed by atoms with Crippen LogP contribution in [-0.2, 0) is 27.8 Å². The van der Waals surface area contributed by atoms with Crippen LogP contribution in [0.4, 0.5) is 11.4 Å². The summed E-state index contributed by atoms with van der Waals surface area (Å²) in [7, 11) is 1.91. The first-order chi connectivity index (χ1) is 12.7. The maximum Gasteiger partial charge on any atom is 0.243 e. The maximum absolute atomic E-state index is 13.0. The molecule has 0 unspecified atom stereocenters. The molecule has 6 nitrogen and oxygen atoms in total. The number of anilines is 2. The fourth-order valence-corrected chi connectivity index (χ4v) is 4.50. The smallest absolute Gasteiger partial charge is 0.243 e. The fourth-order valence-electron chi connectivity index (χ4n) is 3.29. The predicted molar refractivity (Wildman–Crippen MR) is 108 cm³/mol. The second-order valence-electron chi connectivity index (χ2n) is 7.03. The lowest BCUT2D eigenvalue weighted by molar-refractivity contribution is -0.116. The van der Waals surface area contributed by atoms with E-state index in [4.69, 9.17) is 0 Å². The number of nitrogens with zero attached hydrogens (tertiary/aromatic N) is 3. The normalized spacial score (nSPS) is 13.7. The van der Waals surface area contributed by atoms with Gasteiger partial charge in [0.05, 0.1) is 4.90 Å². The van der Waals surface area contributed by atoms with E-state index in [-0.39, 0.29) is 10.8 Å². The second-order valence-corrected chi connectivity index (χ2v) is 9.08. The van der Waals surface area contributed by atoms with E-state index in [0.29, 0.717) is 19.5 Å².